The Hall–Kier alpha value is -2.85. The van der Waals surface area contributed by atoms with Crippen molar-refractivity contribution >= 4 is 27.9 Å². The van der Waals surface area contributed by atoms with E-state index in [1.165, 1.54) is 9.21 Å². The third-order valence-electron chi connectivity index (χ3n) is 6.25. The van der Waals surface area contributed by atoms with Crippen LogP contribution in [0.25, 0.3) is 0 Å². The third-order valence-corrected chi connectivity index (χ3v) is 8.83. The highest BCUT2D eigenvalue weighted by molar-refractivity contribution is 7.98. The number of rotatable bonds is 14. The van der Waals surface area contributed by atoms with Crippen LogP contribution >= 0.6 is 11.8 Å². The summed E-state index contributed by atoms with van der Waals surface area (Å²) < 4.78 is 33.9. The minimum atomic E-state index is -3.85. The predicted octanol–water partition coefficient (Wildman–Crippen LogP) is 4.67. The molecule has 7 nitrogen and oxygen atoms in total. The molecule has 0 aliphatic heterocycles. The second-order valence-electron chi connectivity index (χ2n) is 9.00. The maximum Gasteiger partial charge on any atom is 0.410 e. The van der Waals surface area contributed by atoms with Crippen molar-refractivity contribution in [3.63, 3.8) is 0 Å². The molecule has 1 N–H and O–H groups in total. The van der Waals surface area contributed by atoms with E-state index in [1.54, 1.807) is 49.1 Å². The number of thioether (sulfide) groups is 1. The smallest absolute Gasteiger partial charge is 0.410 e. The molecule has 0 radical (unpaired) electrons. The lowest BCUT2D eigenvalue weighted by Gasteiger charge is -2.34. The zero-order valence-electron chi connectivity index (χ0n) is 21.8. The van der Waals surface area contributed by atoms with E-state index in [2.05, 4.69) is 0 Å². The molecule has 0 saturated carbocycles. The number of hydrogen-bond acceptors (Lipinski definition) is 6. The Balaban J connectivity index is 1.82. The molecule has 0 spiro atoms. The molecule has 0 saturated heterocycles. The molecule has 0 fully saturated rings. The van der Waals surface area contributed by atoms with Gasteiger partial charge in [0.25, 0.3) is 0 Å². The van der Waals surface area contributed by atoms with Crippen molar-refractivity contribution in [3.8, 4) is 0 Å². The van der Waals surface area contributed by atoms with Crippen molar-refractivity contribution < 1.29 is 23.1 Å². The van der Waals surface area contributed by atoms with E-state index in [0.29, 0.717) is 12.8 Å². The summed E-state index contributed by atoms with van der Waals surface area (Å²) in [6, 6.07) is 26.4. The zero-order chi connectivity index (χ0) is 27.4. The maximum atomic E-state index is 13.5. The highest BCUT2D eigenvalue weighted by Gasteiger charge is 2.33. The molecule has 3 aromatic rings. The first-order chi connectivity index (χ1) is 18.3. The van der Waals surface area contributed by atoms with Crippen molar-refractivity contribution in [2.45, 2.75) is 36.5 Å². The number of benzene rings is 3. The van der Waals surface area contributed by atoms with Crippen molar-refractivity contribution in [2.24, 2.45) is 0 Å². The maximum absolute atomic E-state index is 13.5. The van der Waals surface area contributed by atoms with E-state index in [1.807, 2.05) is 66.9 Å². The average Bonchev–Trinajstić information content (AvgIpc) is 2.95. The molecule has 0 aliphatic carbocycles. The number of hydrogen-bond donors (Lipinski definition) is 1. The topological polar surface area (TPSA) is 87.2 Å². The first-order valence-electron chi connectivity index (χ1n) is 12.5. The predicted molar refractivity (Wildman–Crippen MR) is 153 cm³/mol. The largest absolute Gasteiger partial charge is 0.445 e. The van der Waals surface area contributed by atoms with Crippen LogP contribution in [0.15, 0.2) is 95.9 Å². The molecule has 0 aromatic heterocycles. The van der Waals surface area contributed by atoms with Gasteiger partial charge in [0.2, 0.25) is 10.0 Å². The molecule has 0 heterocycles. The third kappa shape index (κ3) is 8.59. The number of sulfonamides is 1. The number of likely N-dealkylation sites (N-methyl/N-ethyl adjacent to an activating group) is 1. The van der Waals surface area contributed by atoms with Gasteiger partial charge in [-0.2, -0.15) is 16.1 Å². The van der Waals surface area contributed by atoms with E-state index < -0.39 is 28.3 Å². The van der Waals surface area contributed by atoms with E-state index in [9.17, 15) is 18.3 Å². The van der Waals surface area contributed by atoms with Crippen molar-refractivity contribution in [2.75, 3.05) is 32.1 Å². The molecular formula is C29H36N2O5S2. The van der Waals surface area contributed by atoms with Crippen molar-refractivity contribution in [3.05, 3.63) is 102 Å². The number of carbonyl (C=O) groups excluding carboxylic acids is 1. The highest BCUT2D eigenvalue weighted by atomic mass is 32.2. The van der Waals surface area contributed by atoms with E-state index in [0.717, 1.165) is 16.9 Å². The van der Waals surface area contributed by atoms with Gasteiger partial charge in [-0.3, -0.25) is 0 Å². The molecule has 0 aliphatic rings. The monoisotopic (exact) mass is 556 g/mol. The minimum absolute atomic E-state index is 0.0986. The molecule has 3 rings (SSSR count). The lowest BCUT2D eigenvalue weighted by Crippen LogP contribution is -2.51. The minimum Gasteiger partial charge on any atom is -0.445 e. The number of carbonyl (C=O) groups is 1. The van der Waals surface area contributed by atoms with Gasteiger partial charge in [-0.1, -0.05) is 78.9 Å². The first-order valence-corrected chi connectivity index (χ1v) is 15.4. The van der Waals surface area contributed by atoms with E-state index in [4.69, 9.17) is 4.74 Å². The van der Waals surface area contributed by atoms with Crippen molar-refractivity contribution in [1.82, 2.24) is 9.21 Å². The molecule has 204 valence electrons. The molecule has 0 unspecified atom stereocenters. The summed E-state index contributed by atoms with van der Waals surface area (Å²) in [5, 5.41) is 11.5. The Morgan fingerprint density at radius 2 is 1.47 bits per heavy atom. The van der Waals surface area contributed by atoms with Gasteiger partial charge >= 0.3 is 6.09 Å². The van der Waals surface area contributed by atoms with Crippen LogP contribution in [0.3, 0.4) is 0 Å². The number of amides is 1. The Labute approximate surface area is 230 Å². The molecule has 1 amide bonds. The van der Waals surface area contributed by atoms with Crippen LogP contribution in [0.1, 0.15) is 17.5 Å². The van der Waals surface area contributed by atoms with Crippen LogP contribution in [0.4, 0.5) is 4.79 Å². The van der Waals surface area contributed by atoms with Gasteiger partial charge in [0.15, 0.2) is 0 Å². The molecule has 3 aromatic carbocycles. The Morgan fingerprint density at radius 1 is 0.921 bits per heavy atom. The molecule has 9 heteroatoms. The van der Waals surface area contributed by atoms with Crippen LogP contribution in [-0.4, -0.2) is 73.1 Å². The number of aliphatic hydroxyl groups is 1. The Morgan fingerprint density at radius 3 is 2.05 bits per heavy atom. The fraction of sp³-hybridized carbons (Fsp3) is 0.345. The summed E-state index contributed by atoms with van der Waals surface area (Å²) in [6.07, 6.45) is 1.20. The normalized spacial score (nSPS) is 13.2. The summed E-state index contributed by atoms with van der Waals surface area (Å²) in [5.41, 5.74) is 1.77. The molecule has 2 atom stereocenters. The van der Waals surface area contributed by atoms with Gasteiger partial charge in [-0.25, -0.2) is 13.2 Å². The fourth-order valence-electron chi connectivity index (χ4n) is 4.11. The van der Waals surface area contributed by atoms with Crippen LogP contribution in [0.2, 0.25) is 0 Å². The summed E-state index contributed by atoms with van der Waals surface area (Å²) in [4.78, 5) is 14.6. The van der Waals surface area contributed by atoms with Gasteiger partial charge in [-0.05, 0) is 48.1 Å². The fourth-order valence-corrected chi connectivity index (χ4v) is 6.05. The van der Waals surface area contributed by atoms with E-state index >= 15 is 0 Å². The number of aliphatic hydroxyl groups excluding tert-OH is 1. The Bertz CT molecular complexity index is 1210. The second kappa shape index (κ2) is 14.9. The lowest BCUT2D eigenvalue weighted by molar-refractivity contribution is 0.0341. The van der Waals surface area contributed by atoms with Gasteiger partial charge in [0.05, 0.1) is 17.0 Å². The summed E-state index contributed by atoms with van der Waals surface area (Å²) >= 11 is 1.64. The second-order valence-corrected chi connectivity index (χ2v) is 11.9. The summed E-state index contributed by atoms with van der Waals surface area (Å²) in [6.45, 7) is 0.204. The zero-order valence-corrected chi connectivity index (χ0v) is 23.5. The van der Waals surface area contributed by atoms with Crippen LogP contribution < -0.4 is 0 Å². The summed E-state index contributed by atoms with van der Waals surface area (Å²) in [5.74, 6) is 0.788. The van der Waals surface area contributed by atoms with Gasteiger partial charge in [0, 0.05) is 20.1 Å². The molecular weight excluding hydrogens is 520 g/mol. The first kappa shape index (κ1) is 29.7. The van der Waals surface area contributed by atoms with E-state index in [-0.39, 0.29) is 24.6 Å². The van der Waals surface area contributed by atoms with Gasteiger partial charge in [0.1, 0.15) is 6.61 Å². The standard InChI is InChI=1S/C29H36N2O5S2/c1-30(29(33)36-23-25-15-8-4-9-16-25)27(21-24-13-6-3-7-14-24)28(32)22-31(19-12-20-37-2)38(34,35)26-17-10-5-11-18-26/h3-11,13-18,27-28,32H,12,19-23H2,1-2H3/t27-,28+/m0/s1. The van der Waals surface area contributed by atoms with Gasteiger partial charge in [-0.15, -0.1) is 0 Å². The summed E-state index contributed by atoms with van der Waals surface area (Å²) in [7, 11) is -2.27. The van der Waals surface area contributed by atoms with Crippen LogP contribution in [0.5, 0.6) is 0 Å². The van der Waals surface area contributed by atoms with Crippen LogP contribution in [0, 0.1) is 0 Å². The number of ether oxygens (including phenoxy) is 1. The average molecular weight is 557 g/mol. The number of nitrogens with zero attached hydrogens (tertiary/aromatic N) is 2. The molecule has 0 bridgehead atoms. The van der Waals surface area contributed by atoms with Gasteiger partial charge < -0.3 is 14.7 Å². The van der Waals surface area contributed by atoms with Crippen LogP contribution in [-0.2, 0) is 27.8 Å². The molecule has 38 heavy (non-hydrogen) atoms. The lowest BCUT2D eigenvalue weighted by atomic mass is 10.00. The SMILES string of the molecule is CSCCCN(C[C@@H](O)[C@H](Cc1ccccc1)N(C)C(=O)OCc1ccccc1)S(=O)(=O)c1ccccc1. The highest BCUT2D eigenvalue weighted by Crippen LogP contribution is 2.20. The Kier molecular flexibility index (Phi) is 11.7. The quantitative estimate of drug-likeness (QED) is 0.291. The van der Waals surface area contributed by atoms with Crippen molar-refractivity contribution in [1.29, 1.82) is 0 Å².